The Morgan fingerprint density at radius 2 is 2.11 bits per heavy atom. The van der Waals surface area contributed by atoms with Crippen molar-refractivity contribution in [2.45, 2.75) is 25.3 Å². The van der Waals surface area contributed by atoms with Crippen LogP contribution in [0, 0.1) is 0 Å². The largest absolute Gasteiger partial charge is 0.379 e. The summed E-state index contributed by atoms with van der Waals surface area (Å²) in [5.74, 6) is -0.906. The highest BCUT2D eigenvalue weighted by Gasteiger charge is 2.25. The van der Waals surface area contributed by atoms with E-state index in [1.54, 1.807) is 4.90 Å². The molecule has 2 N–H and O–H groups in total. The van der Waals surface area contributed by atoms with E-state index in [0.29, 0.717) is 19.7 Å². The van der Waals surface area contributed by atoms with Gasteiger partial charge in [-0.3, -0.25) is 9.59 Å². The Morgan fingerprint density at radius 3 is 2.89 bits per heavy atom. The first kappa shape index (κ1) is 13.3. The summed E-state index contributed by atoms with van der Waals surface area (Å²) in [5.41, 5.74) is 0. The quantitative estimate of drug-likeness (QED) is 0.596. The molecule has 1 unspecified atom stereocenters. The van der Waals surface area contributed by atoms with E-state index in [1.165, 1.54) is 0 Å². The second-order valence-corrected chi connectivity index (χ2v) is 4.78. The number of amides is 2. The maximum Gasteiger partial charge on any atom is 0.311 e. The second kappa shape index (κ2) is 6.70. The van der Waals surface area contributed by atoms with Gasteiger partial charge in [-0.25, -0.2) is 0 Å². The van der Waals surface area contributed by atoms with Gasteiger partial charge in [-0.1, -0.05) is 0 Å². The smallest absolute Gasteiger partial charge is 0.311 e. The van der Waals surface area contributed by atoms with Crippen LogP contribution in [0.4, 0.5) is 0 Å². The van der Waals surface area contributed by atoms with Gasteiger partial charge in [0.25, 0.3) is 0 Å². The summed E-state index contributed by atoms with van der Waals surface area (Å²) in [6.45, 7) is 4.18. The maximum atomic E-state index is 12.0. The number of hydrogen-bond acceptors (Lipinski definition) is 4. The van der Waals surface area contributed by atoms with Gasteiger partial charge < -0.3 is 20.3 Å². The summed E-state index contributed by atoms with van der Waals surface area (Å²) in [4.78, 5) is 25.4. The Labute approximate surface area is 107 Å². The second-order valence-electron chi connectivity index (χ2n) is 4.78. The predicted molar refractivity (Wildman–Crippen MR) is 66.1 cm³/mol. The Bertz CT molecular complexity index is 295. The molecule has 0 bridgehead atoms. The van der Waals surface area contributed by atoms with Gasteiger partial charge in [-0.15, -0.1) is 0 Å². The summed E-state index contributed by atoms with van der Waals surface area (Å²) >= 11 is 0. The molecule has 2 fully saturated rings. The first-order valence-electron chi connectivity index (χ1n) is 6.65. The zero-order valence-corrected chi connectivity index (χ0v) is 10.6. The van der Waals surface area contributed by atoms with Crippen LogP contribution in [0.3, 0.4) is 0 Å². The molecule has 2 saturated heterocycles. The third kappa shape index (κ3) is 3.68. The van der Waals surface area contributed by atoms with Crippen LogP contribution in [-0.4, -0.2) is 62.1 Å². The lowest BCUT2D eigenvalue weighted by Crippen LogP contribution is -2.49. The summed E-state index contributed by atoms with van der Waals surface area (Å²) in [6, 6.07) is -0.0136. The normalized spacial score (nSPS) is 25.3. The molecule has 18 heavy (non-hydrogen) atoms. The van der Waals surface area contributed by atoms with Gasteiger partial charge in [-0.05, 0) is 25.8 Å². The molecule has 0 aromatic heterocycles. The molecule has 0 radical (unpaired) electrons. The number of rotatable bonds is 1. The molecule has 6 nitrogen and oxygen atoms in total. The van der Waals surface area contributed by atoms with Crippen LogP contribution in [0.25, 0.3) is 0 Å². The first-order chi connectivity index (χ1) is 8.77. The molecule has 0 aromatic carbocycles. The molecule has 2 heterocycles. The maximum absolute atomic E-state index is 12.0. The fourth-order valence-electron chi connectivity index (χ4n) is 2.29. The molecule has 102 valence electrons. The minimum absolute atomic E-state index is 0.0136. The molecule has 0 spiro atoms. The zero-order valence-electron chi connectivity index (χ0n) is 10.6. The van der Waals surface area contributed by atoms with Crippen LogP contribution in [0.2, 0.25) is 0 Å². The van der Waals surface area contributed by atoms with Gasteiger partial charge in [0.05, 0.1) is 12.6 Å². The fourth-order valence-corrected chi connectivity index (χ4v) is 2.29. The van der Waals surface area contributed by atoms with Crippen molar-refractivity contribution in [1.29, 1.82) is 0 Å². The van der Waals surface area contributed by atoms with Crippen molar-refractivity contribution in [1.82, 2.24) is 15.5 Å². The van der Waals surface area contributed by atoms with Crippen LogP contribution in [0.5, 0.6) is 0 Å². The van der Waals surface area contributed by atoms with Gasteiger partial charge in [0.1, 0.15) is 0 Å². The monoisotopic (exact) mass is 255 g/mol. The van der Waals surface area contributed by atoms with E-state index in [1.807, 2.05) is 0 Å². The highest BCUT2D eigenvalue weighted by atomic mass is 16.5. The van der Waals surface area contributed by atoms with E-state index in [0.717, 1.165) is 39.0 Å². The molecule has 1 atom stereocenters. The summed E-state index contributed by atoms with van der Waals surface area (Å²) < 4.78 is 5.28. The summed E-state index contributed by atoms with van der Waals surface area (Å²) in [5, 5.41) is 5.97. The zero-order chi connectivity index (χ0) is 12.8. The van der Waals surface area contributed by atoms with Crippen LogP contribution >= 0.6 is 0 Å². The van der Waals surface area contributed by atoms with Crippen molar-refractivity contribution in [3.8, 4) is 0 Å². The minimum Gasteiger partial charge on any atom is -0.379 e. The number of nitrogens with one attached hydrogen (secondary N) is 2. The Balaban J connectivity index is 1.81. The van der Waals surface area contributed by atoms with E-state index >= 15 is 0 Å². The minimum atomic E-state index is -0.493. The number of hydrogen-bond donors (Lipinski definition) is 2. The molecule has 6 heteroatoms. The Morgan fingerprint density at radius 1 is 1.22 bits per heavy atom. The molecule has 0 aliphatic carbocycles. The molecule has 0 saturated carbocycles. The number of nitrogens with zero attached hydrogens (tertiary/aromatic N) is 1. The highest BCUT2D eigenvalue weighted by molar-refractivity contribution is 6.35. The Hall–Kier alpha value is -1.14. The topological polar surface area (TPSA) is 70.7 Å². The average molecular weight is 255 g/mol. The molecule has 2 aliphatic rings. The van der Waals surface area contributed by atoms with Gasteiger partial charge in [0.15, 0.2) is 0 Å². The highest BCUT2D eigenvalue weighted by Crippen LogP contribution is 2.06. The van der Waals surface area contributed by atoms with E-state index in [4.69, 9.17) is 4.74 Å². The van der Waals surface area contributed by atoms with Crippen LogP contribution < -0.4 is 10.6 Å². The van der Waals surface area contributed by atoms with Gasteiger partial charge in [-0.2, -0.15) is 0 Å². The molecule has 2 amide bonds. The molecule has 0 aromatic rings. The Kier molecular flexibility index (Phi) is 4.95. The van der Waals surface area contributed by atoms with Gasteiger partial charge in [0.2, 0.25) is 0 Å². The third-order valence-electron chi connectivity index (χ3n) is 3.32. The van der Waals surface area contributed by atoms with E-state index in [-0.39, 0.29) is 6.04 Å². The lowest BCUT2D eigenvalue weighted by Gasteiger charge is -2.25. The van der Waals surface area contributed by atoms with Crippen LogP contribution in [0.1, 0.15) is 19.3 Å². The number of carbonyl (C=O) groups excluding carboxylic acids is 2. The van der Waals surface area contributed by atoms with Gasteiger partial charge >= 0.3 is 11.8 Å². The lowest BCUT2D eigenvalue weighted by atomic mass is 10.1. The standard InChI is InChI=1S/C12H21N3O3/c16-11(14-10-3-1-8-18-9-10)12(17)15-6-2-4-13-5-7-15/h10,13H,1-9H2,(H,14,16). The molecular formula is C12H21N3O3. The van der Waals surface area contributed by atoms with E-state index < -0.39 is 11.8 Å². The van der Waals surface area contributed by atoms with Crippen molar-refractivity contribution in [2.75, 3.05) is 39.4 Å². The van der Waals surface area contributed by atoms with Crippen molar-refractivity contribution in [3.05, 3.63) is 0 Å². The molecular weight excluding hydrogens is 234 g/mol. The molecule has 2 rings (SSSR count). The van der Waals surface area contributed by atoms with Crippen molar-refractivity contribution < 1.29 is 14.3 Å². The van der Waals surface area contributed by atoms with Crippen molar-refractivity contribution in [2.24, 2.45) is 0 Å². The van der Waals surface area contributed by atoms with Crippen LogP contribution in [0.15, 0.2) is 0 Å². The SMILES string of the molecule is O=C(NC1CCCOC1)C(=O)N1CCCNCC1. The van der Waals surface area contributed by atoms with Crippen molar-refractivity contribution >= 4 is 11.8 Å². The summed E-state index contributed by atoms with van der Waals surface area (Å²) in [6.07, 6.45) is 2.72. The third-order valence-corrected chi connectivity index (χ3v) is 3.32. The molecule has 2 aliphatic heterocycles. The van der Waals surface area contributed by atoms with E-state index in [9.17, 15) is 9.59 Å². The fraction of sp³-hybridized carbons (Fsp3) is 0.833. The van der Waals surface area contributed by atoms with Crippen molar-refractivity contribution in [3.63, 3.8) is 0 Å². The predicted octanol–water partition coefficient (Wildman–Crippen LogP) is -0.896. The van der Waals surface area contributed by atoms with E-state index in [2.05, 4.69) is 10.6 Å². The van der Waals surface area contributed by atoms with Gasteiger partial charge in [0, 0.05) is 26.2 Å². The van der Waals surface area contributed by atoms with Crippen LogP contribution in [-0.2, 0) is 14.3 Å². The lowest BCUT2D eigenvalue weighted by molar-refractivity contribution is -0.146. The summed E-state index contributed by atoms with van der Waals surface area (Å²) in [7, 11) is 0. The number of carbonyl (C=O) groups is 2. The average Bonchev–Trinajstić information content (AvgIpc) is 2.68. The first-order valence-corrected chi connectivity index (χ1v) is 6.65. The number of ether oxygens (including phenoxy) is 1.